The fourth-order valence-corrected chi connectivity index (χ4v) is 5.63. The number of carbonyl (C=O) groups is 1. The van der Waals surface area contributed by atoms with E-state index in [9.17, 15) is 13.2 Å². The maximum atomic E-state index is 13.7. The number of aryl methyl sites for hydroxylation is 3. The Morgan fingerprint density at radius 3 is 2.22 bits per heavy atom. The molecule has 7 heteroatoms. The van der Waals surface area contributed by atoms with Crippen molar-refractivity contribution in [1.82, 2.24) is 0 Å². The molecule has 0 saturated heterocycles. The Bertz CT molecular complexity index is 1300. The van der Waals surface area contributed by atoms with E-state index in [0.717, 1.165) is 50.3 Å². The highest BCUT2D eigenvalue weighted by atomic mass is 79.9. The number of benzene rings is 3. The number of hydrogen-bond donors (Lipinski definition) is 0. The molecule has 5 nitrogen and oxygen atoms in total. The third kappa shape index (κ3) is 6.56. The smallest absolute Gasteiger partial charge is 0.278 e. The number of amides is 1. The molecule has 0 aliphatic heterocycles. The molecule has 0 unspecified atom stereocenters. The van der Waals surface area contributed by atoms with Crippen LogP contribution in [0.5, 0.6) is 5.75 Å². The number of hydrogen-bond acceptors (Lipinski definition) is 4. The van der Waals surface area contributed by atoms with Crippen LogP contribution in [0.2, 0.25) is 0 Å². The van der Waals surface area contributed by atoms with Gasteiger partial charge in [-0.2, -0.15) is 4.31 Å². The Hall–Kier alpha value is -2.64. The van der Waals surface area contributed by atoms with Gasteiger partial charge in [-0.05, 0) is 85.7 Å². The van der Waals surface area contributed by atoms with Crippen LogP contribution in [0.1, 0.15) is 61.8 Å². The lowest BCUT2D eigenvalue weighted by Gasteiger charge is -2.24. The Balaban J connectivity index is 1.97. The normalized spacial score (nSPS) is 11.5. The molecule has 0 saturated carbocycles. The number of ether oxygens (including phenoxy) is 1. The third-order valence-corrected chi connectivity index (χ3v) is 8.66. The summed E-state index contributed by atoms with van der Waals surface area (Å²) in [5.41, 5.74) is 4.23. The largest absolute Gasteiger partial charge is 0.483 e. The quantitative estimate of drug-likeness (QED) is 0.255. The first kappa shape index (κ1) is 27.9. The number of sulfonamides is 1. The maximum absolute atomic E-state index is 13.7. The number of unbranched alkanes of at least 4 members (excludes halogenated alkanes) is 1. The van der Waals surface area contributed by atoms with E-state index in [-0.39, 0.29) is 10.8 Å². The standard InChI is InChI=1S/C29H34BrNO4S/c1-6-7-8-23-11-13-24(14-12-23)31(36(33,34)25-15-9-21(4)10-16-25)29(32)19-35-28-17-22(5)27(30)18-26(28)20(2)3/h9-18,20H,6-8,19H2,1-5H3. The molecular formula is C29H34BrNO4S. The van der Waals surface area contributed by atoms with Crippen LogP contribution in [0.3, 0.4) is 0 Å². The summed E-state index contributed by atoms with van der Waals surface area (Å²) in [5, 5.41) is 0. The van der Waals surface area contributed by atoms with E-state index in [1.54, 1.807) is 24.3 Å². The number of carbonyl (C=O) groups excluding carboxylic acids is 1. The zero-order chi connectivity index (χ0) is 26.5. The van der Waals surface area contributed by atoms with E-state index < -0.39 is 22.5 Å². The number of halogens is 1. The molecule has 1 amide bonds. The van der Waals surface area contributed by atoms with Gasteiger partial charge in [0.15, 0.2) is 6.61 Å². The number of anilines is 1. The second-order valence-corrected chi connectivity index (χ2v) is 12.0. The zero-order valence-electron chi connectivity index (χ0n) is 21.5. The Morgan fingerprint density at radius 2 is 1.64 bits per heavy atom. The van der Waals surface area contributed by atoms with Gasteiger partial charge in [0.2, 0.25) is 0 Å². The van der Waals surface area contributed by atoms with Crippen molar-refractivity contribution in [3.05, 3.63) is 87.4 Å². The number of nitrogens with zero attached hydrogens (tertiary/aromatic N) is 1. The molecule has 192 valence electrons. The van der Waals surface area contributed by atoms with Crippen LogP contribution in [0.4, 0.5) is 5.69 Å². The molecule has 0 aromatic heterocycles. The second kappa shape index (κ2) is 12.1. The van der Waals surface area contributed by atoms with Crippen LogP contribution in [0.25, 0.3) is 0 Å². The van der Waals surface area contributed by atoms with Gasteiger partial charge in [0, 0.05) is 4.47 Å². The van der Waals surface area contributed by atoms with Gasteiger partial charge in [-0.25, -0.2) is 8.42 Å². The summed E-state index contributed by atoms with van der Waals surface area (Å²) in [6.07, 6.45) is 3.02. The SMILES string of the molecule is CCCCc1ccc(N(C(=O)COc2cc(C)c(Br)cc2C(C)C)S(=O)(=O)c2ccc(C)cc2)cc1. The van der Waals surface area contributed by atoms with E-state index >= 15 is 0 Å². The van der Waals surface area contributed by atoms with Crippen LogP contribution in [0, 0.1) is 13.8 Å². The fraction of sp³-hybridized carbons (Fsp3) is 0.345. The molecule has 0 N–H and O–H groups in total. The lowest BCUT2D eigenvalue weighted by molar-refractivity contribution is -0.119. The molecule has 0 bridgehead atoms. The summed E-state index contributed by atoms with van der Waals surface area (Å²) >= 11 is 3.55. The predicted molar refractivity (Wildman–Crippen MR) is 149 cm³/mol. The molecule has 0 radical (unpaired) electrons. The highest BCUT2D eigenvalue weighted by Crippen LogP contribution is 2.33. The minimum absolute atomic E-state index is 0.0545. The highest BCUT2D eigenvalue weighted by molar-refractivity contribution is 9.10. The zero-order valence-corrected chi connectivity index (χ0v) is 23.9. The van der Waals surface area contributed by atoms with Crippen molar-refractivity contribution in [2.75, 3.05) is 10.9 Å². The van der Waals surface area contributed by atoms with Crippen LogP contribution in [-0.4, -0.2) is 20.9 Å². The topological polar surface area (TPSA) is 63.7 Å². The first-order chi connectivity index (χ1) is 17.0. The Morgan fingerprint density at radius 1 is 1.00 bits per heavy atom. The number of rotatable bonds is 10. The summed E-state index contributed by atoms with van der Waals surface area (Å²) in [5.74, 6) is 0.0730. The van der Waals surface area contributed by atoms with Gasteiger partial charge in [-0.3, -0.25) is 4.79 Å². The van der Waals surface area contributed by atoms with Crippen LogP contribution >= 0.6 is 15.9 Å². The van der Waals surface area contributed by atoms with Gasteiger partial charge in [-0.1, -0.05) is 73.0 Å². The second-order valence-electron chi connectivity index (χ2n) is 9.33. The molecular weight excluding hydrogens is 538 g/mol. The van der Waals surface area contributed by atoms with Gasteiger partial charge in [0.25, 0.3) is 15.9 Å². The average Bonchev–Trinajstić information content (AvgIpc) is 2.84. The van der Waals surface area contributed by atoms with Crippen molar-refractivity contribution in [1.29, 1.82) is 0 Å². The van der Waals surface area contributed by atoms with E-state index in [4.69, 9.17) is 4.74 Å². The highest BCUT2D eigenvalue weighted by Gasteiger charge is 2.31. The molecule has 0 heterocycles. The van der Waals surface area contributed by atoms with E-state index in [1.807, 2.05) is 52.0 Å². The predicted octanol–water partition coefficient (Wildman–Crippen LogP) is 7.33. The first-order valence-corrected chi connectivity index (χ1v) is 14.4. The molecule has 0 atom stereocenters. The van der Waals surface area contributed by atoms with Gasteiger partial charge in [0.1, 0.15) is 5.75 Å². The summed E-state index contributed by atoms with van der Waals surface area (Å²) in [6, 6.07) is 17.5. The van der Waals surface area contributed by atoms with Crippen molar-refractivity contribution < 1.29 is 17.9 Å². The van der Waals surface area contributed by atoms with Crippen molar-refractivity contribution in [3.8, 4) is 5.75 Å². The van der Waals surface area contributed by atoms with Gasteiger partial charge in [0.05, 0.1) is 10.6 Å². The van der Waals surface area contributed by atoms with Crippen molar-refractivity contribution in [3.63, 3.8) is 0 Å². The summed E-state index contributed by atoms with van der Waals surface area (Å²) in [7, 11) is -4.15. The van der Waals surface area contributed by atoms with Gasteiger partial charge in [-0.15, -0.1) is 0 Å². The molecule has 0 aliphatic rings. The third-order valence-electron chi connectivity index (χ3n) is 6.04. The van der Waals surface area contributed by atoms with Crippen LogP contribution in [0.15, 0.2) is 70.0 Å². The average molecular weight is 573 g/mol. The molecule has 3 rings (SSSR count). The monoisotopic (exact) mass is 571 g/mol. The molecule has 3 aromatic rings. The fourth-order valence-electron chi connectivity index (χ4n) is 3.86. The van der Waals surface area contributed by atoms with Gasteiger partial charge >= 0.3 is 0 Å². The Labute approximate surface area is 223 Å². The van der Waals surface area contributed by atoms with Crippen molar-refractivity contribution >= 4 is 37.5 Å². The van der Waals surface area contributed by atoms with E-state index in [2.05, 4.69) is 22.9 Å². The lowest BCUT2D eigenvalue weighted by atomic mass is 10.0. The van der Waals surface area contributed by atoms with E-state index in [1.165, 1.54) is 12.1 Å². The molecule has 36 heavy (non-hydrogen) atoms. The summed E-state index contributed by atoms with van der Waals surface area (Å²) in [4.78, 5) is 13.6. The van der Waals surface area contributed by atoms with Crippen molar-refractivity contribution in [2.45, 2.75) is 64.7 Å². The summed E-state index contributed by atoms with van der Waals surface area (Å²) < 4.78 is 35.1. The molecule has 3 aromatic carbocycles. The molecule has 0 fully saturated rings. The maximum Gasteiger partial charge on any atom is 0.278 e. The van der Waals surface area contributed by atoms with Crippen LogP contribution in [-0.2, 0) is 21.2 Å². The minimum Gasteiger partial charge on any atom is -0.483 e. The lowest BCUT2D eigenvalue weighted by Crippen LogP contribution is -2.40. The van der Waals surface area contributed by atoms with E-state index in [0.29, 0.717) is 11.4 Å². The molecule has 0 aliphatic carbocycles. The minimum atomic E-state index is -4.15. The van der Waals surface area contributed by atoms with Gasteiger partial charge < -0.3 is 4.74 Å². The molecule has 0 spiro atoms. The van der Waals surface area contributed by atoms with Crippen molar-refractivity contribution in [2.24, 2.45) is 0 Å². The summed E-state index contributed by atoms with van der Waals surface area (Å²) in [6.45, 7) is 9.62. The Kier molecular flexibility index (Phi) is 9.36. The van der Waals surface area contributed by atoms with Crippen LogP contribution < -0.4 is 9.04 Å². The first-order valence-electron chi connectivity index (χ1n) is 12.2.